The molecule has 14 heavy (non-hydrogen) atoms. The fourth-order valence-electron chi connectivity index (χ4n) is 1.92. The molecule has 3 nitrogen and oxygen atoms in total. The largest absolute Gasteiger partial charge is 0.399 e. The number of hydrogen-bond donors (Lipinski definition) is 2. The molecule has 1 aromatic heterocycles. The van der Waals surface area contributed by atoms with Crippen LogP contribution in [0.4, 0.5) is 5.69 Å². The van der Waals surface area contributed by atoms with Gasteiger partial charge in [-0.05, 0) is 31.0 Å². The topological polar surface area (TPSA) is 54.7 Å². The van der Waals surface area contributed by atoms with Gasteiger partial charge in [0.25, 0.3) is 0 Å². The van der Waals surface area contributed by atoms with Gasteiger partial charge in [0.15, 0.2) is 0 Å². The summed E-state index contributed by atoms with van der Waals surface area (Å²) in [5.74, 6) is 1.79. The van der Waals surface area contributed by atoms with Gasteiger partial charge in [0.2, 0.25) is 0 Å². The first-order valence-corrected chi connectivity index (χ1v) is 5.08. The number of rotatable bonds is 1. The lowest BCUT2D eigenvalue weighted by atomic mass is 9.85. The summed E-state index contributed by atoms with van der Waals surface area (Å²) in [6.07, 6.45) is 3.88. The second kappa shape index (κ2) is 2.74. The monoisotopic (exact) mass is 187 g/mol. The van der Waals surface area contributed by atoms with E-state index in [1.54, 1.807) is 0 Å². The summed E-state index contributed by atoms with van der Waals surface area (Å²) in [6, 6.07) is 5.82. The van der Waals surface area contributed by atoms with Crippen LogP contribution in [0.25, 0.3) is 11.0 Å². The first-order valence-electron chi connectivity index (χ1n) is 5.08. The number of nitrogens with two attached hydrogens (primary N) is 1. The molecule has 3 rings (SSSR count). The van der Waals surface area contributed by atoms with Crippen LogP contribution in [0.1, 0.15) is 31.0 Å². The lowest BCUT2D eigenvalue weighted by molar-refractivity contribution is 0.405. The number of nitrogens with one attached hydrogen (secondary N) is 1. The van der Waals surface area contributed by atoms with Crippen LogP contribution in [0.3, 0.4) is 0 Å². The number of aromatic amines is 1. The summed E-state index contributed by atoms with van der Waals surface area (Å²) >= 11 is 0. The van der Waals surface area contributed by atoms with Crippen molar-refractivity contribution in [2.75, 3.05) is 5.73 Å². The zero-order valence-electron chi connectivity index (χ0n) is 7.96. The average molecular weight is 187 g/mol. The predicted molar refractivity (Wildman–Crippen MR) is 57.1 cm³/mol. The molecular formula is C11H13N3. The normalized spacial score (nSPS) is 17.1. The number of H-pyrrole nitrogens is 1. The van der Waals surface area contributed by atoms with Gasteiger partial charge in [0.1, 0.15) is 5.82 Å². The van der Waals surface area contributed by atoms with Gasteiger partial charge in [0.05, 0.1) is 11.0 Å². The van der Waals surface area contributed by atoms with E-state index in [1.807, 2.05) is 18.2 Å². The van der Waals surface area contributed by atoms with E-state index >= 15 is 0 Å². The van der Waals surface area contributed by atoms with E-state index in [2.05, 4.69) is 9.97 Å². The maximum Gasteiger partial charge on any atom is 0.110 e. The standard InChI is InChI=1S/C11H13N3/c12-8-4-5-9-10(6-8)14-11(13-9)7-2-1-3-7/h4-7H,1-3,12H2,(H,13,14). The third kappa shape index (κ3) is 1.09. The Balaban J connectivity index is 2.10. The Morgan fingerprint density at radius 1 is 1.36 bits per heavy atom. The highest BCUT2D eigenvalue weighted by molar-refractivity contribution is 5.78. The SMILES string of the molecule is Nc1ccc2nc(C3CCC3)[nH]c2c1. The third-order valence-corrected chi connectivity index (χ3v) is 3.02. The van der Waals surface area contributed by atoms with Crippen LogP contribution in [0.2, 0.25) is 0 Å². The van der Waals surface area contributed by atoms with E-state index in [1.165, 1.54) is 19.3 Å². The fraction of sp³-hybridized carbons (Fsp3) is 0.364. The quantitative estimate of drug-likeness (QED) is 0.673. The Morgan fingerprint density at radius 3 is 2.93 bits per heavy atom. The second-order valence-corrected chi connectivity index (χ2v) is 4.03. The Labute approximate surface area is 82.3 Å². The van der Waals surface area contributed by atoms with Crippen molar-refractivity contribution in [3.8, 4) is 0 Å². The first kappa shape index (κ1) is 7.85. The highest BCUT2D eigenvalue weighted by Gasteiger charge is 2.22. The molecule has 1 aromatic carbocycles. The zero-order chi connectivity index (χ0) is 9.54. The summed E-state index contributed by atoms with van der Waals surface area (Å²) in [5, 5.41) is 0. The third-order valence-electron chi connectivity index (χ3n) is 3.02. The lowest BCUT2D eigenvalue weighted by Crippen LogP contribution is -2.10. The fourth-order valence-corrected chi connectivity index (χ4v) is 1.92. The van der Waals surface area contributed by atoms with Gasteiger partial charge >= 0.3 is 0 Å². The van der Waals surface area contributed by atoms with Crippen LogP contribution in [0, 0.1) is 0 Å². The molecule has 1 heterocycles. The number of fused-ring (bicyclic) bond motifs is 1. The number of benzene rings is 1. The van der Waals surface area contributed by atoms with Gasteiger partial charge in [-0.25, -0.2) is 4.98 Å². The van der Waals surface area contributed by atoms with Crippen molar-refractivity contribution >= 4 is 16.7 Å². The van der Waals surface area contributed by atoms with Crippen molar-refractivity contribution in [1.29, 1.82) is 0 Å². The van der Waals surface area contributed by atoms with Crippen LogP contribution in [-0.4, -0.2) is 9.97 Å². The molecule has 2 aromatic rings. The molecule has 0 bridgehead atoms. The summed E-state index contributed by atoms with van der Waals surface area (Å²) in [7, 11) is 0. The summed E-state index contributed by atoms with van der Waals surface area (Å²) in [4.78, 5) is 7.91. The smallest absolute Gasteiger partial charge is 0.110 e. The second-order valence-electron chi connectivity index (χ2n) is 4.03. The van der Waals surface area contributed by atoms with Gasteiger partial charge in [0, 0.05) is 11.6 Å². The molecule has 1 aliphatic rings. The first-order chi connectivity index (χ1) is 6.83. The summed E-state index contributed by atoms with van der Waals surface area (Å²) in [6.45, 7) is 0. The molecule has 1 fully saturated rings. The van der Waals surface area contributed by atoms with Crippen molar-refractivity contribution in [2.24, 2.45) is 0 Å². The Kier molecular flexibility index (Phi) is 1.54. The van der Waals surface area contributed by atoms with Crippen LogP contribution in [0.15, 0.2) is 18.2 Å². The number of aromatic nitrogens is 2. The van der Waals surface area contributed by atoms with E-state index in [4.69, 9.17) is 5.73 Å². The van der Waals surface area contributed by atoms with Crippen LogP contribution >= 0.6 is 0 Å². The Bertz CT molecular complexity index is 468. The average Bonchev–Trinajstić information content (AvgIpc) is 2.43. The molecule has 0 saturated heterocycles. The molecule has 0 radical (unpaired) electrons. The number of anilines is 1. The van der Waals surface area contributed by atoms with Crippen LogP contribution in [0.5, 0.6) is 0 Å². The maximum atomic E-state index is 5.71. The maximum absolute atomic E-state index is 5.71. The molecule has 0 aliphatic heterocycles. The van der Waals surface area contributed by atoms with E-state index < -0.39 is 0 Å². The van der Waals surface area contributed by atoms with Crippen molar-refractivity contribution in [3.05, 3.63) is 24.0 Å². The summed E-state index contributed by atoms with van der Waals surface area (Å²) < 4.78 is 0. The molecule has 3 N–H and O–H groups in total. The predicted octanol–water partition coefficient (Wildman–Crippen LogP) is 2.41. The highest BCUT2D eigenvalue weighted by Crippen LogP contribution is 2.35. The van der Waals surface area contributed by atoms with Crippen LogP contribution in [-0.2, 0) is 0 Å². The zero-order valence-corrected chi connectivity index (χ0v) is 7.96. The van der Waals surface area contributed by atoms with Gasteiger partial charge in [-0.15, -0.1) is 0 Å². The van der Waals surface area contributed by atoms with E-state index in [0.29, 0.717) is 5.92 Å². The molecule has 0 amide bonds. The van der Waals surface area contributed by atoms with E-state index in [-0.39, 0.29) is 0 Å². The molecule has 0 atom stereocenters. The molecule has 0 spiro atoms. The van der Waals surface area contributed by atoms with Gasteiger partial charge in [-0.1, -0.05) is 6.42 Å². The van der Waals surface area contributed by atoms with E-state index in [0.717, 1.165) is 22.5 Å². The molecule has 1 saturated carbocycles. The minimum Gasteiger partial charge on any atom is -0.399 e. The van der Waals surface area contributed by atoms with Gasteiger partial charge in [-0.3, -0.25) is 0 Å². The molecular weight excluding hydrogens is 174 g/mol. The van der Waals surface area contributed by atoms with Crippen molar-refractivity contribution in [3.63, 3.8) is 0 Å². The summed E-state index contributed by atoms with van der Waals surface area (Å²) in [5.41, 5.74) is 8.59. The highest BCUT2D eigenvalue weighted by atomic mass is 14.9. The van der Waals surface area contributed by atoms with Crippen molar-refractivity contribution < 1.29 is 0 Å². The molecule has 1 aliphatic carbocycles. The van der Waals surface area contributed by atoms with Crippen molar-refractivity contribution in [1.82, 2.24) is 9.97 Å². The number of nitrogens with zero attached hydrogens (tertiary/aromatic N) is 1. The number of nitrogen functional groups attached to an aromatic ring is 1. The lowest BCUT2D eigenvalue weighted by Gasteiger charge is -2.22. The minimum absolute atomic E-state index is 0.656. The van der Waals surface area contributed by atoms with Crippen LogP contribution < -0.4 is 5.73 Å². The molecule has 0 unspecified atom stereocenters. The molecule has 3 heteroatoms. The van der Waals surface area contributed by atoms with Crippen molar-refractivity contribution in [2.45, 2.75) is 25.2 Å². The van der Waals surface area contributed by atoms with Gasteiger partial charge < -0.3 is 10.7 Å². The number of imidazole rings is 1. The van der Waals surface area contributed by atoms with Gasteiger partial charge in [-0.2, -0.15) is 0 Å². The van der Waals surface area contributed by atoms with E-state index in [9.17, 15) is 0 Å². The number of hydrogen-bond acceptors (Lipinski definition) is 2. The molecule has 72 valence electrons. The minimum atomic E-state index is 0.656. The Morgan fingerprint density at radius 2 is 2.21 bits per heavy atom. The Hall–Kier alpha value is -1.51.